The summed E-state index contributed by atoms with van der Waals surface area (Å²) in [6.45, 7) is 1.88. The van der Waals surface area contributed by atoms with Gasteiger partial charge in [-0.15, -0.1) is 0 Å². The van der Waals surface area contributed by atoms with Crippen LogP contribution >= 0.6 is 0 Å². The molecule has 4 heteroatoms. The predicted molar refractivity (Wildman–Crippen MR) is 41.6 cm³/mol. The van der Waals surface area contributed by atoms with Crippen LogP contribution in [0, 0.1) is 0 Å². The number of methoxy groups -OCH3 is 1. The van der Waals surface area contributed by atoms with Gasteiger partial charge in [0.05, 0.1) is 13.3 Å². The molecule has 0 saturated carbocycles. The van der Waals surface area contributed by atoms with E-state index < -0.39 is 0 Å². The number of hydrogen-bond donors (Lipinski definition) is 0. The van der Waals surface area contributed by atoms with Crippen LogP contribution in [0.5, 0.6) is 0 Å². The van der Waals surface area contributed by atoms with Crippen LogP contribution in [0.25, 0.3) is 0 Å². The summed E-state index contributed by atoms with van der Waals surface area (Å²) in [5, 5.41) is 0. The van der Waals surface area contributed by atoms with Gasteiger partial charge in [0.1, 0.15) is 12.2 Å². The molecule has 1 atom stereocenters. The maximum Gasteiger partial charge on any atom is 0.318 e. The third kappa shape index (κ3) is 1.64. The standard InChI is InChI=1S/C8H11NO3/c1-3-6(8(10)11-2)7-9-4-5-12-7/h4-6H,3H2,1-2H3. The zero-order valence-corrected chi connectivity index (χ0v) is 7.11. The van der Waals surface area contributed by atoms with Crippen LogP contribution in [-0.4, -0.2) is 18.1 Å². The van der Waals surface area contributed by atoms with E-state index in [2.05, 4.69) is 9.72 Å². The van der Waals surface area contributed by atoms with Crippen LogP contribution in [0.2, 0.25) is 0 Å². The number of aromatic nitrogens is 1. The first-order valence-corrected chi connectivity index (χ1v) is 3.76. The third-order valence-corrected chi connectivity index (χ3v) is 1.64. The molecule has 1 unspecified atom stereocenters. The van der Waals surface area contributed by atoms with E-state index in [-0.39, 0.29) is 11.9 Å². The van der Waals surface area contributed by atoms with Crippen molar-refractivity contribution >= 4 is 5.97 Å². The van der Waals surface area contributed by atoms with Crippen molar-refractivity contribution in [3.8, 4) is 0 Å². The SMILES string of the molecule is CCC(C(=O)OC)c1ncco1. The number of rotatable bonds is 3. The largest absolute Gasteiger partial charge is 0.468 e. The molecular weight excluding hydrogens is 158 g/mol. The van der Waals surface area contributed by atoms with Crippen molar-refractivity contribution in [1.29, 1.82) is 0 Å². The molecule has 1 heterocycles. The molecule has 0 bridgehead atoms. The minimum Gasteiger partial charge on any atom is -0.468 e. The second-order valence-corrected chi connectivity index (χ2v) is 2.35. The molecule has 1 aromatic heterocycles. The van der Waals surface area contributed by atoms with Gasteiger partial charge in [-0.2, -0.15) is 0 Å². The smallest absolute Gasteiger partial charge is 0.318 e. The van der Waals surface area contributed by atoms with E-state index >= 15 is 0 Å². The third-order valence-electron chi connectivity index (χ3n) is 1.64. The Morgan fingerprint density at radius 1 is 1.83 bits per heavy atom. The Balaban J connectivity index is 2.76. The fourth-order valence-corrected chi connectivity index (χ4v) is 0.991. The Bertz CT molecular complexity index is 243. The molecule has 0 amide bonds. The van der Waals surface area contributed by atoms with Crippen LogP contribution in [-0.2, 0) is 9.53 Å². The van der Waals surface area contributed by atoms with Gasteiger partial charge in [-0.3, -0.25) is 4.79 Å². The second kappa shape index (κ2) is 3.90. The van der Waals surface area contributed by atoms with Crippen LogP contribution in [0.3, 0.4) is 0 Å². The summed E-state index contributed by atoms with van der Waals surface area (Å²) in [7, 11) is 1.36. The van der Waals surface area contributed by atoms with Crippen LogP contribution < -0.4 is 0 Å². The summed E-state index contributed by atoms with van der Waals surface area (Å²) < 4.78 is 9.59. The Labute approximate surface area is 70.5 Å². The molecule has 0 radical (unpaired) electrons. The minimum absolute atomic E-state index is 0.306. The average Bonchev–Trinajstić information content (AvgIpc) is 2.58. The van der Waals surface area contributed by atoms with Gasteiger partial charge in [-0.25, -0.2) is 4.98 Å². The number of carbonyl (C=O) groups excluding carboxylic acids is 1. The van der Waals surface area contributed by atoms with Crippen molar-refractivity contribution < 1.29 is 13.9 Å². The number of ether oxygens (including phenoxy) is 1. The highest BCUT2D eigenvalue weighted by Gasteiger charge is 2.22. The topological polar surface area (TPSA) is 52.3 Å². The van der Waals surface area contributed by atoms with E-state index in [4.69, 9.17) is 4.42 Å². The number of oxazole rings is 1. The highest BCUT2D eigenvalue weighted by molar-refractivity contribution is 5.76. The zero-order chi connectivity index (χ0) is 8.97. The molecule has 66 valence electrons. The molecule has 1 rings (SSSR count). The molecule has 0 aromatic carbocycles. The van der Waals surface area contributed by atoms with E-state index in [9.17, 15) is 4.79 Å². The van der Waals surface area contributed by atoms with Gasteiger partial charge in [-0.1, -0.05) is 6.92 Å². The molecule has 4 nitrogen and oxygen atoms in total. The summed E-state index contributed by atoms with van der Waals surface area (Å²) in [4.78, 5) is 15.0. The number of carbonyl (C=O) groups is 1. The Morgan fingerprint density at radius 3 is 3.00 bits per heavy atom. The van der Waals surface area contributed by atoms with Crippen molar-refractivity contribution in [2.24, 2.45) is 0 Å². The minimum atomic E-state index is -0.370. The lowest BCUT2D eigenvalue weighted by Gasteiger charge is -2.06. The molecule has 0 fully saturated rings. The monoisotopic (exact) mass is 169 g/mol. The molecule has 0 aliphatic carbocycles. The van der Waals surface area contributed by atoms with Crippen molar-refractivity contribution in [1.82, 2.24) is 4.98 Å². The first-order valence-electron chi connectivity index (χ1n) is 3.76. The maximum atomic E-state index is 11.1. The van der Waals surface area contributed by atoms with Crippen molar-refractivity contribution in [2.45, 2.75) is 19.3 Å². The van der Waals surface area contributed by atoms with Gasteiger partial charge < -0.3 is 9.15 Å². The van der Waals surface area contributed by atoms with E-state index in [0.29, 0.717) is 12.3 Å². The normalized spacial score (nSPS) is 12.5. The fourth-order valence-electron chi connectivity index (χ4n) is 0.991. The van der Waals surface area contributed by atoms with Crippen molar-refractivity contribution in [2.75, 3.05) is 7.11 Å². The van der Waals surface area contributed by atoms with Crippen LogP contribution in [0.15, 0.2) is 16.9 Å². The summed E-state index contributed by atoms with van der Waals surface area (Å²) in [6.07, 6.45) is 3.59. The van der Waals surface area contributed by atoms with E-state index in [0.717, 1.165) is 0 Å². The molecule has 0 aliphatic heterocycles. The molecule has 0 saturated heterocycles. The molecule has 0 aliphatic rings. The van der Waals surface area contributed by atoms with Crippen molar-refractivity contribution in [3.63, 3.8) is 0 Å². The van der Waals surface area contributed by atoms with Gasteiger partial charge in [0.15, 0.2) is 0 Å². The van der Waals surface area contributed by atoms with E-state index in [1.54, 1.807) is 0 Å². The molecular formula is C8H11NO3. The van der Waals surface area contributed by atoms with Gasteiger partial charge in [0.2, 0.25) is 5.89 Å². The Morgan fingerprint density at radius 2 is 2.58 bits per heavy atom. The van der Waals surface area contributed by atoms with Gasteiger partial charge >= 0.3 is 5.97 Å². The Hall–Kier alpha value is -1.32. The van der Waals surface area contributed by atoms with Gasteiger partial charge in [0, 0.05) is 0 Å². The Kier molecular flexibility index (Phi) is 2.85. The number of hydrogen-bond acceptors (Lipinski definition) is 4. The maximum absolute atomic E-state index is 11.1. The lowest BCUT2D eigenvalue weighted by molar-refractivity contribution is -0.143. The summed E-state index contributed by atoms with van der Waals surface area (Å²) in [5.74, 6) is -0.255. The highest BCUT2D eigenvalue weighted by atomic mass is 16.5. The summed E-state index contributed by atoms with van der Waals surface area (Å²) in [6, 6.07) is 0. The van der Waals surface area contributed by atoms with Gasteiger partial charge in [0.25, 0.3) is 0 Å². The fraction of sp³-hybridized carbons (Fsp3) is 0.500. The lowest BCUT2D eigenvalue weighted by Crippen LogP contribution is -2.13. The quantitative estimate of drug-likeness (QED) is 0.641. The molecule has 0 spiro atoms. The number of nitrogens with zero attached hydrogens (tertiary/aromatic N) is 1. The molecule has 12 heavy (non-hydrogen) atoms. The zero-order valence-electron chi connectivity index (χ0n) is 7.11. The predicted octanol–water partition coefficient (Wildman–Crippen LogP) is 1.34. The van der Waals surface area contributed by atoms with Gasteiger partial charge in [-0.05, 0) is 6.42 Å². The van der Waals surface area contributed by atoms with Crippen LogP contribution in [0.4, 0.5) is 0 Å². The average molecular weight is 169 g/mol. The second-order valence-electron chi connectivity index (χ2n) is 2.35. The summed E-state index contributed by atoms with van der Waals surface area (Å²) >= 11 is 0. The van der Waals surface area contributed by atoms with E-state index in [1.807, 2.05) is 6.92 Å². The lowest BCUT2D eigenvalue weighted by atomic mass is 10.1. The molecule has 0 N–H and O–H groups in total. The molecule has 1 aromatic rings. The summed E-state index contributed by atoms with van der Waals surface area (Å²) in [5.41, 5.74) is 0. The van der Waals surface area contributed by atoms with E-state index in [1.165, 1.54) is 19.6 Å². The first-order chi connectivity index (χ1) is 5.79. The van der Waals surface area contributed by atoms with Crippen LogP contribution in [0.1, 0.15) is 25.2 Å². The highest BCUT2D eigenvalue weighted by Crippen LogP contribution is 2.18. The van der Waals surface area contributed by atoms with Crippen molar-refractivity contribution in [3.05, 3.63) is 18.4 Å². The first kappa shape index (κ1) is 8.77. The number of esters is 1.